The summed E-state index contributed by atoms with van der Waals surface area (Å²) in [6.45, 7) is 5.50. The molecule has 7 heteroatoms. The first kappa shape index (κ1) is 22.9. The van der Waals surface area contributed by atoms with Crippen molar-refractivity contribution in [1.82, 2.24) is 15.6 Å². The van der Waals surface area contributed by atoms with Gasteiger partial charge in [-0.05, 0) is 44.4 Å². The minimum Gasteiger partial charge on any atom is -0.468 e. The van der Waals surface area contributed by atoms with E-state index in [1.807, 2.05) is 69.3 Å². The highest BCUT2D eigenvalue weighted by atomic mass is 16.6. The van der Waals surface area contributed by atoms with Crippen molar-refractivity contribution in [2.24, 2.45) is 0 Å². The van der Waals surface area contributed by atoms with Crippen molar-refractivity contribution >= 4 is 23.0 Å². The number of fused-ring (bicyclic) bond motifs is 3. The summed E-state index contributed by atoms with van der Waals surface area (Å²) >= 11 is 0. The summed E-state index contributed by atoms with van der Waals surface area (Å²) in [5, 5.41) is 7.57. The molecule has 7 nitrogen and oxygen atoms in total. The zero-order chi connectivity index (χ0) is 23.6. The predicted molar refractivity (Wildman–Crippen MR) is 127 cm³/mol. The summed E-state index contributed by atoms with van der Waals surface area (Å²) in [4.78, 5) is 28.9. The van der Waals surface area contributed by atoms with Crippen molar-refractivity contribution in [3.63, 3.8) is 0 Å². The van der Waals surface area contributed by atoms with Crippen molar-refractivity contribution in [1.29, 1.82) is 0 Å². The quantitative estimate of drug-likeness (QED) is 0.512. The normalized spacial score (nSPS) is 18.9. The Kier molecular flexibility index (Phi) is 6.42. The molecule has 0 bridgehead atoms. The van der Waals surface area contributed by atoms with Crippen molar-refractivity contribution in [3.8, 4) is 0 Å². The van der Waals surface area contributed by atoms with Crippen LogP contribution in [0.4, 0.5) is 4.79 Å². The largest absolute Gasteiger partial charge is 0.468 e. The molecule has 0 unspecified atom stereocenters. The number of rotatable bonds is 5. The number of hydrogen-bond donors (Lipinski definition) is 3. The molecular weight excluding hydrogens is 418 g/mol. The number of amides is 1. The van der Waals surface area contributed by atoms with Crippen molar-refractivity contribution in [3.05, 3.63) is 71.4 Å². The Balaban J connectivity index is 1.75. The molecule has 0 fully saturated rings. The van der Waals surface area contributed by atoms with Crippen LogP contribution in [-0.2, 0) is 27.1 Å². The van der Waals surface area contributed by atoms with Gasteiger partial charge in [0.05, 0.1) is 19.2 Å². The number of carbonyl (C=O) groups excluding carboxylic acids is 2. The van der Waals surface area contributed by atoms with Crippen LogP contribution in [-0.4, -0.2) is 41.8 Å². The second-order valence-corrected chi connectivity index (χ2v) is 9.43. The van der Waals surface area contributed by atoms with Gasteiger partial charge in [-0.15, -0.1) is 0 Å². The number of hydrogen-bond acceptors (Lipinski definition) is 5. The molecule has 1 amide bonds. The smallest absolute Gasteiger partial charge is 0.407 e. The fourth-order valence-corrected chi connectivity index (χ4v) is 4.46. The average molecular weight is 450 g/mol. The third kappa shape index (κ3) is 5.20. The molecule has 174 valence electrons. The first-order valence-electron chi connectivity index (χ1n) is 11.2. The number of ether oxygens (including phenoxy) is 2. The zero-order valence-corrected chi connectivity index (χ0v) is 19.5. The van der Waals surface area contributed by atoms with Gasteiger partial charge in [0, 0.05) is 23.0 Å². The van der Waals surface area contributed by atoms with E-state index in [1.165, 1.54) is 7.11 Å². The zero-order valence-electron chi connectivity index (χ0n) is 19.5. The van der Waals surface area contributed by atoms with Gasteiger partial charge < -0.3 is 19.8 Å². The summed E-state index contributed by atoms with van der Waals surface area (Å²) in [6, 6.07) is 16.7. The summed E-state index contributed by atoms with van der Waals surface area (Å²) in [5.41, 5.74) is 3.47. The molecule has 0 aliphatic carbocycles. The highest BCUT2D eigenvalue weighted by Gasteiger charge is 2.38. The van der Waals surface area contributed by atoms with E-state index in [0.717, 1.165) is 27.7 Å². The van der Waals surface area contributed by atoms with Gasteiger partial charge in [-0.1, -0.05) is 48.5 Å². The van der Waals surface area contributed by atoms with Gasteiger partial charge in [-0.2, -0.15) is 0 Å². The SMILES string of the molecule is COC(=O)[C@@H]1Cc2c([nH]c3ccccc23)[C@H]([C@H](Cc2ccccc2)NC(=O)OC(C)(C)C)N1. The number of H-pyrrole nitrogens is 1. The summed E-state index contributed by atoms with van der Waals surface area (Å²) < 4.78 is 10.6. The van der Waals surface area contributed by atoms with Crippen LogP contribution in [0.1, 0.15) is 43.6 Å². The van der Waals surface area contributed by atoms with Gasteiger partial charge in [0.1, 0.15) is 11.6 Å². The van der Waals surface area contributed by atoms with E-state index in [-0.39, 0.29) is 18.1 Å². The van der Waals surface area contributed by atoms with Gasteiger partial charge in [0.2, 0.25) is 0 Å². The third-order valence-corrected chi connectivity index (χ3v) is 5.84. The minimum atomic E-state index is -0.623. The Bertz CT molecular complexity index is 1130. The van der Waals surface area contributed by atoms with Crippen molar-refractivity contribution < 1.29 is 19.1 Å². The van der Waals surface area contributed by atoms with E-state index >= 15 is 0 Å². The summed E-state index contributed by atoms with van der Waals surface area (Å²) in [6.07, 6.45) is 0.566. The van der Waals surface area contributed by atoms with Crippen LogP contribution in [0, 0.1) is 0 Å². The molecule has 1 aliphatic rings. The Morgan fingerprint density at radius 1 is 1.09 bits per heavy atom. The maximum absolute atomic E-state index is 12.8. The first-order valence-corrected chi connectivity index (χ1v) is 11.2. The van der Waals surface area contributed by atoms with E-state index in [1.54, 1.807) is 0 Å². The molecule has 0 spiro atoms. The predicted octanol–water partition coefficient (Wildman–Crippen LogP) is 4.03. The molecule has 4 rings (SSSR count). The lowest BCUT2D eigenvalue weighted by Crippen LogP contribution is -2.54. The van der Waals surface area contributed by atoms with E-state index in [0.29, 0.717) is 12.8 Å². The summed E-state index contributed by atoms with van der Waals surface area (Å²) in [7, 11) is 1.39. The highest BCUT2D eigenvalue weighted by Crippen LogP contribution is 2.34. The number of aromatic nitrogens is 1. The van der Waals surface area contributed by atoms with Crippen LogP contribution in [0.5, 0.6) is 0 Å². The number of para-hydroxylation sites is 1. The number of carbonyl (C=O) groups is 2. The van der Waals surface area contributed by atoms with E-state index in [9.17, 15) is 9.59 Å². The van der Waals surface area contributed by atoms with Gasteiger partial charge in [0.15, 0.2) is 0 Å². The van der Waals surface area contributed by atoms with Crippen LogP contribution in [0.2, 0.25) is 0 Å². The van der Waals surface area contributed by atoms with Gasteiger partial charge in [-0.25, -0.2) is 4.79 Å². The Morgan fingerprint density at radius 2 is 1.79 bits per heavy atom. The Labute approximate surface area is 193 Å². The standard InChI is InChI=1S/C26H31N3O4/c1-26(2,3)33-25(31)29-20(14-16-10-6-5-7-11-16)23-22-18(15-21(28-23)24(30)32-4)17-12-8-9-13-19(17)27-22/h5-13,20-21,23,27-28H,14-15H2,1-4H3,(H,29,31)/t20-,21-,23-/m0/s1. The number of benzene rings is 2. The number of methoxy groups -OCH3 is 1. The van der Waals surface area contributed by atoms with Crippen LogP contribution in [0.25, 0.3) is 10.9 Å². The van der Waals surface area contributed by atoms with E-state index < -0.39 is 17.7 Å². The molecule has 3 aromatic rings. The van der Waals surface area contributed by atoms with Gasteiger partial charge in [-0.3, -0.25) is 10.1 Å². The maximum atomic E-state index is 12.8. The van der Waals surface area contributed by atoms with Gasteiger partial charge in [0.25, 0.3) is 0 Å². The van der Waals surface area contributed by atoms with E-state index in [2.05, 4.69) is 21.7 Å². The lowest BCUT2D eigenvalue weighted by atomic mass is 9.88. The molecule has 3 N–H and O–H groups in total. The van der Waals surface area contributed by atoms with Gasteiger partial charge >= 0.3 is 12.1 Å². The lowest BCUT2D eigenvalue weighted by molar-refractivity contribution is -0.143. The Hall–Kier alpha value is -3.32. The second kappa shape index (κ2) is 9.27. The summed E-state index contributed by atoms with van der Waals surface area (Å²) in [5.74, 6) is -0.327. The molecule has 0 radical (unpaired) electrons. The number of alkyl carbamates (subject to hydrolysis) is 1. The molecule has 2 aromatic carbocycles. The topological polar surface area (TPSA) is 92.5 Å². The minimum absolute atomic E-state index is 0.327. The molecule has 2 heterocycles. The second-order valence-electron chi connectivity index (χ2n) is 9.43. The molecule has 3 atom stereocenters. The number of aromatic amines is 1. The first-order chi connectivity index (χ1) is 15.7. The van der Waals surface area contributed by atoms with E-state index in [4.69, 9.17) is 9.47 Å². The Morgan fingerprint density at radius 3 is 2.48 bits per heavy atom. The molecule has 33 heavy (non-hydrogen) atoms. The highest BCUT2D eigenvalue weighted by molar-refractivity contribution is 5.87. The number of esters is 1. The fraction of sp³-hybridized carbons (Fsp3) is 0.385. The monoisotopic (exact) mass is 449 g/mol. The lowest BCUT2D eigenvalue weighted by Gasteiger charge is -2.36. The molecule has 1 aliphatic heterocycles. The molecular formula is C26H31N3O4. The third-order valence-electron chi connectivity index (χ3n) is 5.84. The molecule has 0 saturated carbocycles. The number of nitrogens with one attached hydrogen (secondary N) is 3. The van der Waals surface area contributed by atoms with Crippen molar-refractivity contribution in [2.45, 2.75) is 57.3 Å². The average Bonchev–Trinajstić information content (AvgIpc) is 3.15. The van der Waals surface area contributed by atoms with Crippen LogP contribution in [0.15, 0.2) is 54.6 Å². The molecule has 0 saturated heterocycles. The maximum Gasteiger partial charge on any atom is 0.407 e. The molecule has 1 aromatic heterocycles. The van der Waals surface area contributed by atoms with Crippen molar-refractivity contribution in [2.75, 3.05) is 7.11 Å². The fourth-order valence-electron chi connectivity index (χ4n) is 4.46. The van der Waals surface area contributed by atoms with Crippen LogP contribution >= 0.6 is 0 Å². The van der Waals surface area contributed by atoms with Crippen LogP contribution < -0.4 is 10.6 Å². The van der Waals surface area contributed by atoms with Crippen LogP contribution in [0.3, 0.4) is 0 Å².